The fraction of sp³-hybridized carbons (Fsp3) is 0.774. The molecule has 1 fully saturated rings. The molecule has 2 aliphatic carbocycles. The van der Waals surface area contributed by atoms with E-state index in [1.807, 2.05) is 20.0 Å². The summed E-state index contributed by atoms with van der Waals surface area (Å²) in [6, 6.07) is 4.03. The molecule has 4 rings (SSSR count). The van der Waals surface area contributed by atoms with Crippen LogP contribution in [0.25, 0.3) is 0 Å². The lowest BCUT2D eigenvalue weighted by Crippen LogP contribution is -2.65. The smallest absolute Gasteiger partial charge is 0.166 e. The van der Waals surface area contributed by atoms with E-state index in [1.54, 1.807) is 14.2 Å². The summed E-state index contributed by atoms with van der Waals surface area (Å²) < 4.78 is 51.1. The van der Waals surface area contributed by atoms with Crippen LogP contribution in [0.5, 0.6) is 11.5 Å². The van der Waals surface area contributed by atoms with E-state index in [4.69, 9.17) is 42.6 Å². The van der Waals surface area contributed by atoms with Crippen LogP contribution in [0.4, 0.5) is 0 Å². The van der Waals surface area contributed by atoms with Crippen LogP contribution in [0.1, 0.15) is 37.3 Å². The van der Waals surface area contributed by atoms with Crippen molar-refractivity contribution in [2.24, 2.45) is 4.99 Å². The highest BCUT2D eigenvalue weighted by Crippen LogP contribution is 2.62. The van der Waals surface area contributed by atoms with Crippen molar-refractivity contribution in [3.63, 3.8) is 0 Å². The summed E-state index contributed by atoms with van der Waals surface area (Å²) in [7, 11) is 5.12. The van der Waals surface area contributed by atoms with Gasteiger partial charge in [-0.3, -0.25) is 4.99 Å². The molecular weight excluding hydrogens is 546 g/mol. The maximum absolute atomic E-state index is 11.8. The summed E-state index contributed by atoms with van der Waals surface area (Å²) >= 11 is 0. The number of hydrogen-bond donors (Lipinski definition) is 1. The van der Waals surface area contributed by atoms with Crippen molar-refractivity contribution in [1.29, 1.82) is 0 Å². The van der Waals surface area contributed by atoms with Crippen LogP contribution in [-0.4, -0.2) is 129 Å². The minimum absolute atomic E-state index is 0.185. The Labute approximate surface area is 249 Å². The van der Waals surface area contributed by atoms with E-state index in [9.17, 15) is 5.11 Å². The first-order valence-electron chi connectivity index (χ1n) is 15.0. The molecule has 1 aromatic carbocycles. The number of hydrogen-bond acceptors (Lipinski definition) is 11. The number of aliphatic imine (C=N–C) groups is 1. The Hall–Kier alpha value is -1.83. The van der Waals surface area contributed by atoms with E-state index in [2.05, 4.69) is 11.1 Å². The maximum Gasteiger partial charge on any atom is 0.166 e. The Morgan fingerprint density at radius 3 is 1.98 bits per heavy atom. The number of benzene rings is 1. The lowest BCUT2D eigenvalue weighted by atomic mass is 9.54. The van der Waals surface area contributed by atoms with Gasteiger partial charge < -0.3 is 47.7 Å². The predicted octanol–water partition coefficient (Wildman–Crippen LogP) is 2.37. The number of nitrogens with zero attached hydrogens (tertiary/aromatic N) is 1. The van der Waals surface area contributed by atoms with Crippen LogP contribution in [0.3, 0.4) is 0 Å². The quantitative estimate of drug-likeness (QED) is 0.225. The Morgan fingerprint density at radius 2 is 1.43 bits per heavy atom. The van der Waals surface area contributed by atoms with E-state index in [1.165, 1.54) is 0 Å². The highest BCUT2D eigenvalue weighted by Gasteiger charge is 2.66. The summed E-state index contributed by atoms with van der Waals surface area (Å²) in [5.41, 5.74) is 1.66. The van der Waals surface area contributed by atoms with E-state index in [-0.39, 0.29) is 12.2 Å². The second-order valence-corrected chi connectivity index (χ2v) is 11.1. The molecule has 42 heavy (non-hydrogen) atoms. The van der Waals surface area contributed by atoms with Crippen LogP contribution < -0.4 is 9.47 Å². The average molecular weight is 596 g/mol. The predicted molar refractivity (Wildman–Crippen MR) is 156 cm³/mol. The van der Waals surface area contributed by atoms with Crippen LogP contribution in [0, 0.1) is 0 Å². The summed E-state index contributed by atoms with van der Waals surface area (Å²) in [4.78, 5) is 4.56. The van der Waals surface area contributed by atoms with Gasteiger partial charge in [-0.15, -0.1) is 0 Å². The van der Waals surface area contributed by atoms with Crippen molar-refractivity contribution in [3.05, 3.63) is 23.3 Å². The fourth-order valence-corrected chi connectivity index (χ4v) is 6.35. The van der Waals surface area contributed by atoms with Gasteiger partial charge in [0, 0.05) is 38.3 Å². The van der Waals surface area contributed by atoms with Crippen LogP contribution in [0.2, 0.25) is 0 Å². The van der Waals surface area contributed by atoms with Crippen LogP contribution >= 0.6 is 0 Å². The molecule has 3 aliphatic rings. The third-order valence-electron chi connectivity index (χ3n) is 8.49. The first-order valence-corrected chi connectivity index (χ1v) is 15.0. The molecule has 4 atom stereocenters. The molecule has 1 aromatic rings. The third kappa shape index (κ3) is 7.62. The van der Waals surface area contributed by atoms with Crippen molar-refractivity contribution >= 4 is 5.71 Å². The Balaban J connectivity index is 1.13. The maximum atomic E-state index is 11.8. The van der Waals surface area contributed by atoms with Gasteiger partial charge in [0.1, 0.15) is 6.10 Å². The number of aliphatic hydroxyl groups is 1. The average Bonchev–Trinajstić information content (AvgIpc) is 3.36. The molecule has 1 spiro atoms. The van der Waals surface area contributed by atoms with Gasteiger partial charge >= 0.3 is 0 Å². The number of rotatable bonds is 20. The van der Waals surface area contributed by atoms with Gasteiger partial charge in [0.2, 0.25) is 0 Å². The lowest BCUT2D eigenvalue weighted by molar-refractivity contribution is -0.155. The molecule has 0 saturated heterocycles. The van der Waals surface area contributed by atoms with Crippen molar-refractivity contribution < 1.29 is 47.7 Å². The molecule has 0 radical (unpaired) electrons. The van der Waals surface area contributed by atoms with Gasteiger partial charge in [-0.25, -0.2) is 0 Å². The zero-order valence-electron chi connectivity index (χ0n) is 25.7. The van der Waals surface area contributed by atoms with E-state index in [0.717, 1.165) is 29.0 Å². The summed E-state index contributed by atoms with van der Waals surface area (Å²) in [5.74, 6) is 1.43. The van der Waals surface area contributed by atoms with Gasteiger partial charge in [0.25, 0.3) is 0 Å². The molecule has 0 aromatic heterocycles. The Morgan fingerprint density at radius 1 is 0.857 bits per heavy atom. The van der Waals surface area contributed by atoms with Crippen molar-refractivity contribution in [3.8, 4) is 11.5 Å². The van der Waals surface area contributed by atoms with Crippen molar-refractivity contribution in [2.45, 2.75) is 55.8 Å². The number of ether oxygens (including phenoxy) is 9. The number of methoxy groups -OCH3 is 2. The lowest BCUT2D eigenvalue weighted by Gasteiger charge is -2.53. The SMILES string of the molecule is C/N=C1\Cc2ccc(OC)c3c2[C@@]2(C1)[C@@H](O3)[C@@H](OCCOCCOCCOCCOCCOCCOC)CC[C@]2(C)O. The minimum atomic E-state index is -0.968. The molecule has 0 unspecified atom stereocenters. The summed E-state index contributed by atoms with van der Waals surface area (Å²) in [5, 5.41) is 11.8. The monoisotopic (exact) mass is 595 g/mol. The molecule has 1 heterocycles. The largest absolute Gasteiger partial charge is 0.493 e. The van der Waals surface area contributed by atoms with E-state index in [0.29, 0.717) is 104 Å². The standard InChI is InChI=1S/C31H49NO10/c1-30(33)8-7-26(29-31(30)22-24(32-2)21-23-5-6-25(35-4)28(42-29)27(23)31)41-20-19-40-18-17-39-16-15-38-14-13-37-12-11-36-10-9-34-3/h5-6,26,29,33H,7-22H2,1-4H3/b32-24+/t26-,29-,30-,31-/m0/s1. The van der Waals surface area contributed by atoms with Crippen LogP contribution in [0.15, 0.2) is 17.1 Å². The second-order valence-electron chi connectivity index (χ2n) is 11.1. The van der Waals surface area contributed by atoms with E-state index < -0.39 is 11.0 Å². The highest BCUT2D eigenvalue weighted by molar-refractivity contribution is 5.92. The molecule has 0 amide bonds. The van der Waals surface area contributed by atoms with E-state index >= 15 is 0 Å². The normalized spacial score (nSPS) is 27.1. The van der Waals surface area contributed by atoms with Gasteiger partial charge in [-0.2, -0.15) is 0 Å². The Bertz CT molecular complexity index is 1000. The molecular formula is C31H49NO10. The molecule has 1 N–H and O–H groups in total. The third-order valence-corrected chi connectivity index (χ3v) is 8.49. The molecule has 1 saturated carbocycles. The molecule has 238 valence electrons. The summed E-state index contributed by atoms with van der Waals surface area (Å²) in [6.45, 7) is 8.07. The Kier molecular flexibility index (Phi) is 12.8. The van der Waals surface area contributed by atoms with Gasteiger partial charge in [-0.05, 0) is 31.4 Å². The molecule has 11 nitrogen and oxygen atoms in total. The minimum Gasteiger partial charge on any atom is -0.493 e. The second kappa shape index (κ2) is 16.3. The topological polar surface area (TPSA) is 116 Å². The fourth-order valence-electron chi connectivity index (χ4n) is 6.35. The van der Waals surface area contributed by atoms with Gasteiger partial charge in [-0.1, -0.05) is 6.07 Å². The molecule has 0 bridgehead atoms. The first-order chi connectivity index (χ1) is 20.5. The highest BCUT2D eigenvalue weighted by atomic mass is 16.6. The molecule has 1 aliphatic heterocycles. The van der Waals surface area contributed by atoms with Gasteiger partial charge in [0.05, 0.1) is 104 Å². The zero-order valence-corrected chi connectivity index (χ0v) is 25.7. The van der Waals surface area contributed by atoms with Crippen molar-refractivity contribution in [1.82, 2.24) is 0 Å². The molecule has 11 heteroatoms. The first kappa shape index (κ1) is 33.1. The van der Waals surface area contributed by atoms with Crippen LogP contribution in [-0.2, 0) is 45.0 Å². The van der Waals surface area contributed by atoms with Gasteiger partial charge in [0.15, 0.2) is 11.5 Å². The van der Waals surface area contributed by atoms with Crippen molar-refractivity contribution in [2.75, 3.05) is 101 Å². The zero-order chi connectivity index (χ0) is 29.8. The summed E-state index contributed by atoms with van der Waals surface area (Å²) in [6.07, 6.45) is 2.17.